The van der Waals surface area contributed by atoms with E-state index in [1.165, 1.54) is 31.5 Å². The van der Waals surface area contributed by atoms with Crippen molar-refractivity contribution in [3.63, 3.8) is 0 Å². The highest BCUT2D eigenvalue weighted by atomic mass is 32.2. The number of hydrogen-bond donors (Lipinski definition) is 0. The third kappa shape index (κ3) is 2.81. The molecule has 0 amide bonds. The molecule has 0 aliphatic heterocycles. The monoisotopic (exact) mass is 215 g/mol. The number of rotatable bonds is 3. The molecule has 1 aromatic heterocycles. The van der Waals surface area contributed by atoms with Gasteiger partial charge in [-0.3, -0.25) is 4.98 Å². The first-order valence-electron chi connectivity index (χ1n) is 3.91. The fourth-order valence-electron chi connectivity index (χ4n) is 0.710. The van der Waals surface area contributed by atoms with Crippen LogP contribution in [0, 0.1) is 0 Å². The summed E-state index contributed by atoms with van der Waals surface area (Å²) in [5.74, 6) is -1.11. The summed E-state index contributed by atoms with van der Waals surface area (Å²) in [5, 5.41) is 0. The standard InChI is InChI=1S/C8H9NO4S/c1-2-14(11,12)13-8(10)7-3-5-9-6-4-7/h3-6H,2H2,1H3. The first-order valence-corrected chi connectivity index (χ1v) is 5.49. The summed E-state index contributed by atoms with van der Waals surface area (Å²) in [6.45, 7) is 1.40. The molecule has 5 nitrogen and oxygen atoms in total. The molecule has 1 rings (SSSR count). The zero-order valence-corrected chi connectivity index (χ0v) is 8.32. The summed E-state index contributed by atoms with van der Waals surface area (Å²) in [7, 11) is -3.74. The lowest BCUT2D eigenvalue weighted by molar-refractivity contribution is 0.0747. The lowest BCUT2D eigenvalue weighted by Crippen LogP contribution is -2.14. The molecule has 6 heteroatoms. The Hall–Kier alpha value is -1.43. The minimum Gasteiger partial charge on any atom is -0.341 e. The molecule has 0 aliphatic rings. The van der Waals surface area contributed by atoms with Crippen molar-refractivity contribution in [2.24, 2.45) is 0 Å². The van der Waals surface area contributed by atoms with Crippen molar-refractivity contribution in [3.05, 3.63) is 30.1 Å². The molecular formula is C8H9NO4S. The van der Waals surface area contributed by atoms with Gasteiger partial charge in [-0.1, -0.05) is 0 Å². The average Bonchev–Trinajstić information content (AvgIpc) is 2.19. The van der Waals surface area contributed by atoms with Crippen LogP contribution < -0.4 is 0 Å². The van der Waals surface area contributed by atoms with E-state index in [1.807, 2.05) is 0 Å². The summed E-state index contributed by atoms with van der Waals surface area (Å²) in [5.41, 5.74) is 0.164. The molecule has 0 atom stereocenters. The third-order valence-corrected chi connectivity index (χ3v) is 2.58. The Morgan fingerprint density at radius 3 is 2.50 bits per heavy atom. The maximum absolute atomic E-state index is 11.2. The molecule has 0 aromatic carbocycles. The zero-order chi connectivity index (χ0) is 10.6. The van der Waals surface area contributed by atoms with E-state index in [0.717, 1.165) is 0 Å². The van der Waals surface area contributed by atoms with E-state index in [1.54, 1.807) is 0 Å². The highest BCUT2D eigenvalue weighted by molar-refractivity contribution is 7.87. The Balaban J connectivity index is 2.79. The van der Waals surface area contributed by atoms with Crippen molar-refractivity contribution in [1.82, 2.24) is 4.98 Å². The molecule has 76 valence electrons. The van der Waals surface area contributed by atoms with E-state index in [0.29, 0.717) is 0 Å². The van der Waals surface area contributed by atoms with Gasteiger partial charge in [0.1, 0.15) is 0 Å². The Kier molecular flexibility index (Phi) is 3.19. The van der Waals surface area contributed by atoms with E-state index in [4.69, 9.17) is 0 Å². The molecule has 0 unspecified atom stereocenters. The molecule has 1 aromatic rings. The highest BCUT2D eigenvalue weighted by Crippen LogP contribution is 2.03. The summed E-state index contributed by atoms with van der Waals surface area (Å²) in [6.07, 6.45) is 2.77. The van der Waals surface area contributed by atoms with Gasteiger partial charge in [0.15, 0.2) is 0 Å². The minimum atomic E-state index is -3.74. The van der Waals surface area contributed by atoms with Gasteiger partial charge in [0, 0.05) is 12.4 Å². The van der Waals surface area contributed by atoms with Crippen LogP contribution in [-0.2, 0) is 14.3 Å². The molecule has 0 saturated carbocycles. The van der Waals surface area contributed by atoms with Crippen LogP contribution >= 0.6 is 0 Å². The van der Waals surface area contributed by atoms with Crippen molar-refractivity contribution in [3.8, 4) is 0 Å². The van der Waals surface area contributed by atoms with Crippen LogP contribution in [0.15, 0.2) is 24.5 Å². The van der Waals surface area contributed by atoms with Crippen molar-refractivity contribution >= 4 is 16.1 Å². The van der Waals surface area contributed by atoms with Gasteiger partial charge in [0.2, 0.25) is 0 Å². The summed E-state index contributed by atoms with van der Waals surface area (Å²) in [4.78, 5) is 14.9. The molecule has 0 aliphatic carbocycles. The van der Waals surface area contributed by atoms with Crippen molar-refractivity contribution in [1.29, 1.82) is 0 Å². The van der Waals surface area contributed by atoms with Crippen molar-refractivity contribution < 1.29 is 17.4 Å². The Morgan fingerprint density at radius 1 is 1.43 bits per heavy atom. The van der Waals surface area contributed by atoms with Gasteiger partial charge in [-0.2, -0.15) is 8.42 Å². The second-order valence-corrected chi connectivity index (χ2v) is 4.31. The van der Waals surface area contributed by atoms with Crippen LogP contribution in [0.4, 0.5) is 0 Å². The molecule has 14 heavy (non-hydrogen) atoms. The lowest BCUT2D eigenvalue weighted by Gasteiger charge is -2.02. The Bertz CT molecular complexity index is 412. The van der Waals surface area contributed by atoms with Gasteiger partial charge in [-0.25, -0.2) is 4.79 Å². The molecule has 0 spiro atoms. The number of carbonyl (C=O) groups excluding carboxylic acids is 1. The Labute approximate surface area is 81.9 Å². The van der Waals surface area contributed by atoms with Gasteiger partial charge in [-0.15, -0.1) is 0 Å². The lowest BCUT2D eigenvalue weighted by atomic mass is 10.3. The zero-order valence-electron chi connectivity index (χ0n) is 7.50. The van der Waals surface area contributed by atoms with E-state index in [-0.39, 0.29) is 11.3 Å². The minimum absolute atomic E-state index is 0.164. The molecular weight excluding hydrogens is 206 g/mol. The van der Waals surface area contributed by atoms with Gasteiger partial charge in [0.05, 0.1) is 11.3 Å². The highest BCUT2D eigenvalue weighted by Gasteiger charge is 2.15. The largest absolute Gasteiger partial charge is 0.353 e. The normalized spacial score (nSPS) is 10.9. The Morgan fingerprint density at radius 2 is 2.00 bits per heavy atom. The number of pyridine rings is 1. The van der Waals surface area contributed by atoms with Crippen LogP contribution in [0.2, 0.25) is 0 Å². The van der Waals surface area contributed by atoms with Gasteiger partial charge in [0.25, 0.3) is 0 Å². The predicted octanol–water partition coefficient (Wildman–Crippen LogP) is 0.588. The average molecular weight is 215 g/mol. The first-order chi connectivity index (χ1) is 6.55. The fourth-order valence-corrected chi connectivity index (χ4v) is 1.16. The van der Waals surface area contributed by atoms with Crippen LogP contribution in [0.1, 0.15) is 17.3 Å². The van der Waals surface area contributed by atoms with Gasteiger partial charge in [-0.05, 0) is 19.1 Å². The first kappa shape index (κ1) is 10.6. The number of carbonyl (C=O) groups is 1. The fraction of sp³-hybridized carbons (Fsp3) is 0.250. The molecule has 0 bridgehead atoms. The SMILES string of the molecule is CCS(=O)(=O)OC(=O)c1ccncc1. The van der Waals surface area contributed by atoms with Crippen molar-refractivity contribution in [2.75, 3.05) is 5.75 Å². The van der Waals surface area contributed by atoms with Crippen LogP contribution in [-0.4, -0.2) is 25.1 Å². The maximum atomic E-state index is 11.2. The predicted molar refractivity (Wildman–Crippen MR) is 49.1 cm³/mol. The molecule has 0 radical (unpaired) electrons. The topological polar surface area (TPSA) is 73.3 Å². The van der Waals surface area contributed by atoms with Crippen LogP contribution in [0.25, 0.3) is 0 Å². The van der Waals surface area contributed by atoms with E-state index in [2.05, 4.69) is 9.17 Å². The molecule has 0 N–H and O–H groups in total. The van der Waals surface area contributed by atoms with Crippen LogP contribution in [0.5, 0.6) is 0 Å². The second-order valence-electron chi connectivity index (χ2n) is 2.45. The van der Waals surface area contributed by atoms with Crippen molar-refractivity contribution in [2.45, 2.75) is 6.92 Å². The molecule has 0 saturated heterocycles. The number of nitrogens with zero attached hydrogens (tertiary/aromatic N) is 1. The summed E-state index contributed by atoms with van der Waals surface area (Å²) < 4.78 is 26.1. The third-order valence-electron chi connectivity index (χ3n) is 1.47. The molecule has 0 fully saturated rings. The van der Waals surface area contributed by atoms with Gasteiger partial charge >= 0.3 is 16.1 Å². The smallest absolute Gasteiger partial charge is 0.341 e. The van der Waals surface area contributed by atoms with Crippen LogP contribution in [0.3, 0.4) is 0 Å². The summed E-state index contributed by atoms with van der Waals surface area (Å²) in [6, 6.07) is 2.76. The molecule has 1 heterocycles. The maximum Gasteiger partial charge on any atom is 0.353 e. The van der Waals surface area contributed by atoms with E-state index in [9.17, 15) is 13.2 Å². The number of hydrogen-bond acceptors (Lipinski definition) is 5. The summed E-state index contributed by atoms with van der Waals surface area (Å²) >= 11 is 0. The number of aromatic nitrogens is 1. The van der Waals surface area contributed by atoms with E-state index >= 15 is 0 Å². The second kappa shape index (κ2) is 4.19. The van der Waals surface area contributed by atoms with E-state index < -0.39 is 16.1 Å². The quantitative estimate of drug-likeness (QED) is 0.690. The van der Waals surface area contributed by atoms with Gasteiger partial charge < -0.3 is 4.18 Å².